The van der Waals surface area contributed by atoms with E-state index in [9.17, 15) is 14.7 Å². The zero-order chi connectivity index (χ0) is 15.4. The predicted molar refractivity (Wildman–Crippen MR) is 80.8 cm³/mol. The zero-order valence-electron chi connectivity index (χ0n) is 11.8. The Bertz CT molecular complexity index is 517. The van der Waals surface area contributed by atoms with Crippen LogP contribution in [0.2, 0.25) is 0 Å². The molecule has 2 unspecified atom stereocenters. The van der Waals surface area contributed by atoms with Gasteiger partial charge >= 0.3 is 5.97 Å². The quantitative estimate of drug-likeness (QED) is 0.880. The molecule has 0 spiro atoms. The number of aliphatic carboxylic acids is 1. The Balaban J connectivity index is 2.35. The maximum absolute atomic E-state index is 12.2. The second kappa shape index (κ2) is 7.04. The van der Waals surface area contributed by atoms with Crippen molar-refractivity contribution in [1.82, 2.24) is 4.90 Å². The van der Waals surface area contributed by atoms with Gasteiger partial charge in [-0.25, -0.2) is 0 Å². The van der Waals surface area contributed by atoms with Crippen molar-refractivity contribution < 1.29 is 19.4 Å². The standard InChI is InChI=1S/C15H18BrNO4/c1-21-9-8-17-13(18)7-6-12(15(19)20)14(17)10-2-4-11(16)5-3-10/h2-5,12,14H,6-9H2,1H3,(H,19,20). The van der Waals surface area contributed by atoms with Crippen LogP contribution in [-0.4, -0.2) is 42.1 Å². The van der Waals surface area contributed by atoms with Gasteiger partial charge in [0.25, 0.3) is 0 Å². The molecule has 2 rings (SSSR count). The molecule has 1 saturated heterocycles. The molecule has 114 valence electrons. The van der Waals surface area contributed by atoms with Crippen LogP contribution in [0.5, 0.6) is 0 Å². The van der Waals surface area contributed by atoms with Gasteiger partial charge in [-0.05, 0) is 24.1 Å². The Morgan fingerprint density at radius 1 is 1.43 bits per heavy atom. The number of carboxylic acid groups (broad SMARTS) is 1. The third-order valence-corrected chi connectivity index (χ3v) is 4.30. The molecule has 1 aromatic rings. The summed E-state index contributed by atoms with van der Waals surface area (Å²) in [4.78, 5) is 25.4. The summed E-state index contributed by atoms with van der Waals surface area (Å²) in [5.41, 5.74) is 0.842. The van der Waals surface area contributed by atoms with Crippen LogP contribution in [0.1, 0.15) is 24.4 Å². The first kappa shape index (κ1) is 16.0. The highest BCUT2D eigenvalue weighted by atomic mass is 79.9. The molecule has 1 amide bonds. The van der Waals surface area contributed by atoms with E-state index in [1.165, 1.54) is 0 Å². The average molecular weight is 356 g/mol. The normalized spacial score (nSPS) is 22.4. The van der Waals surface area contributed by atoms with Gasteiger partial charge in [-0.1, -0.05) is 28.1 Å². The minimum Gasteiger partial charge on any atom is -0.481 e. The third-order valence-electron chi connectivity index (χ3n) is 3.77. The molecule has 21 heavy (non-hydrogen) atoms. The van der Waals surface area contributed by atoms with E-state index in [-0.39, 0.29) is 12.3 Å². The van der Waals surface area contributed by atoms with Crippen LogP contribution in [-0.2, 0) is 14.3 Å². The van der Waals surface area contributed by atoms with E-state index in [1.54, 1.807) is 12.0 Å². The maximum Gasteiger partial charge on any atom is 0.308 e. The largest absolute Gasteiger partial charge is 0.481 e. The molecule has 1 aliphatic heterocycles. The number of piperidine rings is 1. The third kappa shape index (κ3) is 3.63. The van der Waals surface area contributed by atoms with E-state index in [0.29, 0.717) is 19.6 Å². The number of benzene rings is 1. The van der Waals surface area contributed by atoms with Gasteiger partial charge in [-0.15, -0.1) is 0 Å². The number of carboxylic acids is 1. The van der Waals surface area contributed by atoms with Crippen LogP contribution in [0.25, 0.3) is 0 Å². The topological polar surface area (TPSA) is 66.8 Å². The molecule has 0 saturated carbocycles. The lowest BCUT2D eigenvalue weighted by Crippen LogP contribution is -2.46. The molecular weight excluding hydrogens is 338 g/mol. The Hall–Kier alpha value is -1.40. The first-order valence-corrected chi connectivity index (χ1v) is 7.60. The fraction of sp³-hybridized carbons (Fsp3) is 0.467. The van der Waals surface area contributed by atoms with Crippen molar-refractivity contribution in [2.24, 2.45) is 5.92 Å². The van der Waals surface area contributed by atoms with E-state index in [1.807, 2.05) is 24.3 Å². The minimum atomic E-state index is -0.863. The van der Waals surface area contributed by atoms with Gasteiger partial charge in [0.1, 0.15) is 0 Å². The van der Waals surface area contributed by atoms with Crippen LogP contribution in [0.15, 0.2) is 28.7 Å². The van der Waals surface area contributed by atoms with Crippen molar-refractivity contribution in [1.29, 1.82) is 0 Å². The first-order valence-electron chi connectivity index (χ1n) is 6.81. The Labute approximate surface area is 132 Å². The molecule has 0 aliphatic carbocycles. The Kier molecular flexibility index (Phi) is 5.36. The number of hydrogen-bond donors (Lipinski definition) is 1. The number of hydrogen-bond acceptors (Lipinski definition) is 3. The number of carbonyl (C=O) groups excluding carboxylic acids is 1. The van der Waals surface area contributed by atoms with Gasteiger partial charge in [-0.2, -0.15) is 0 Å². The maximum atomic E-state index is 12.2. The first-order chi connectivity index (χ1) is 10.0. The van der Waals surface area contributed by atoms with Gasteiger partial charge in [0.15, 0.2) is 0 Å². The summed E-state index contributed by atoms with van der Waals surface area (Å²) in [6.07, 6.45) is 0.645. The van der Waals surface area contributed by atoms with E-state index in [2.05, 4.69) is 15.9 Å². The summed E-state index contributed by atoms with van der Waals surface area (Å²) in [6.45, 7) is 0.797. The van der Waals surface area contributed by atoms with E-state index >= 15 is 0 Å². The number of rotatable bonds is 5. The van der Waals surface area contributed by atoms with E-state index < -0.39 is 17.9 Å². The molecular formula is C15H18BrNO4. The monoisotopic (exact) mass is 355 g/mol. The van der Waals surface area contributed by atoms with Crippen molar-refractivity contribution in [3.63, 3.8) is 0 Å². The van der Waals surface area contributed by atoms with Crippen molar-refractivity contribution in [2.75, 3.05) is 20.3 Å². The van der Waals surface area contributed by atoms with Gasteiger partial charge < -0.3 is 14.7 Å². The molecule has 0 radical (unpaired) electrons. The SMILES string of the molecule is COCCN1C(=O)CCC(C(=O)O)C1c1ccc(Br)cc1. The summed E-state index contributed by atoms with van der Waals surface area (Å²) < 4.78 is 5.96. The van der Waals surface area contributed by atoms with Gasteiger partial charge in [-0.3, -0.25) is 9.59 Å². The molecule has 1 fully saturated rings. The van der Waals surface area contributed by atoms with E-state index in [0.717, 1.165) is 10.0 Å². The van der Waals surface area contributed by atoms with Gasteiger partial charge in [0.2, 0.25) is 5.91 Å². The lowest BCUT2D eigenvalue weighted by molar-refractivity contribution is -0.152. The molecule has 1 heterocycles. The number of ether oxygens (including phenoxy) is 1. The predicted octanol–water partition coefficient (Wildman–Crippen LogP) is 2.46. The Morgan fingerprint density at radius 2 is 2.10 bits per heavy atom. The second-order valence-corrected chi connectivity index (χ2v) is 5.98. The van der Waals surface area contributed by atoms with Crippen LogP contribution >= 0.6 is 15.9 Å². The molecule has 6 heteroatoms. The fourth-order valence-corrected chi connectivity index (χ4v) is 3.00. The molecule has 1 N–H and O–H groups in total. The number of nitrogens with zero attached hydrogens (tertiary/aromatic N) is 1. The Morgan fingerprint density at radius 3 is 2.67 bits per heavy atom. The average Bonchev–Trinajstić information content (AvgIpc) is 2.46. The summed E-state index contributed by atoms with van der Waals surface area (Å²) in [5.74, 6) is -1.46. The zero-order valence-corrected chi connectivity index (χ0v) is 13.4. The van der Waals surface area contributed by atoms with Crippen LogP contribution < -0.4 is 0 Å². The van der Waals surface area contributed by atoms with Crippen molar-refractivity contribution in [2.45, 2.75) is 18.9 Å². The summed E-state index contributed by atoms with van der Waals surface area (Å²) in [6, 6.07) is 7.02. The molecule has 0 bridgehead atoms. The molecule has 0 aromatic heterocycles. The highest BCUT2D eigenvalue weighted by Crippen LogP contribution is 2.37. The van der Waals surface area contributed by atoms with Crippen molar-refractivity contribution in [3.05, 3.63) is 34.3 Å². The summed E-state index contributed by atoms with van der Waals surface area (Å²) in [7, 11) is 1.57. The van der Waals surface area contributed by atoms with Gasteiger partial charge in [0, 0.05) is 24.5 Å². The minimum absolute atomic E-state index is 0.0162. The molecule has 5 nitrogen and oxygen atoms in total. The highest BCUT2D eigenvalue weighted by Gasteiger charge is 2.40. The van der Waals surface area contributed by atoms with Crippen molar-refractivity contribution >= 4 is 27.8 Å². The second-order valence-electron chi connectivity index (χ2n) is 5.06. The number of likely N-dealkylation sites (tertiary alicyclic amines) is 1. The lowest BCUT2D eigenvalue weighted by atomic mass is 9.84. The molecule has 2 atom stereocenters. The van der Waals surface area contributed by atoms with E-state index in [4.69, 9.17) is 4.74 Å². The highest BCUT2D eigenvalue weighted by molar-refractivity contribution is 9.10. The smallest absolute Gasteiger partial charge is 0.308 e. The summed E-state index contributed by atoms with van der Waals surface area (Å²) in [5, 5.41) is 9.48. The van der Waals surface area contributed by atoms with Crippen LogP contribution in [0.3, 0.4) is 0 Å². The number of amides is 1. The number of halogens is 1. The van der Waals surface area contributed by atoms with Crippen LogP contribution in [0.4, 0.5) is 0 Å². The number of carbonyl (C=O) groups is 2. The van der Waals surface area contributed by atoms with Gasteiger partial charge in [0.05, 0.1) is 18.6 Å². The van der Waals surface area contributed by atoms with Crippen LogP contribution in [0, 0.1) is 5.92 Å². The fourth-order valence-electron chi connectivity index (χ4n) is 2.74. The lowest BCUT2D eigenvalue weighted by Gasteiger charge is -2.39. The summed E-state index contributed by atoms with van der Waals surface area (Å²) >= 11 is 3.37. The molecule has 1 aromatic carbocycles. The molecule has 1 aliphatic rings. The van der Waals surface area contributed by atoms with Crippen molar-refractivity contribution in [3.8, 4) is 0 Å². The number of methoxy groups -OCH3 is 1.